The highest BCUT2D eigenvalue weighted by molar-refractivity contribution is 9.09. The Kier molecular flexibility index (Phi) is 3.29. The molecule has 0 aliphatic carbocycles. The third-order valence-electron chi connectivity index (χ3n) is 1.56. The quantitative estimate of drug-likeness (QED) is 0.489. The Morgan fingerprint density at radius 1 is 1.42 bits per heavy atom. The number of carbonyl (C=O) groups is 1. The molecule has 0 aromatic heterocycles. The van der Waals surface area contributed by atoms with E-state index in [2.05, 4.69) is 21.2 Å². The van der Waals surface area contributed by atoms with Crippen LogP contribution in [0.5, 0.6) is 0 Å². The van der Waals surface area contributed by atoms with E-state index in [0.29, 0.717) is 5.45 Å². The molecule has 1 rings (SSSR count). The van der Waals surface area contributed by atoms with Gasteiger partial charge >= 0.3 is 0 Å². The minimum atomic E-state index is 0.0976. The number of Topliss-reactive ketones (excluding diaryl/α,β-unsaturated/α-hetero) is 1. The smallest absolute Gasteiger partial charge is 0.159 e. The number of halogens is 1. The molecule has 0 fully saturated rings. The molecule has 1 aromatic rings. The zero-order chi connectivity index (χ0) is 8.97. The molecule has 2 nitrogen and oxygen atoms in total. The summed E-state index contributed by atoms with van der Waals surface area (Å²) in [4.78, 5) is 10.9. The van der Waals surface area contributed by atoms with Gasteiger partial charge in [-0.05, 0) is 31.2 Å². The fourth-order valence-electron chi connectivity index (χ4n) is 0.900. The molecule has 0 radical (unpaired) electrons. The van der Waals surface area contributed by atoms with E-state index in [-0.39, 0.29) is 5.78 Å². The van der Waals surface area contributed by atoms with E-state index in [1.165, 1.54) is 0 Å². The largest absolute Gasteiger partial charge is 0.375 e. The summed E-state index contributed by atoms with van der Waals surface area (Å²) in [6, 6.07) is 7.40. The number of anilines is 1. The number of hydrogen-bond donors (Lipinski definition) is 1. The Morgan fingerprint density at radius 3 is 2.42 bits per heavy atom. The molecular formula is C9H10BrNO. The molecule has 3 heteroatoms. The molecule has 12 heavy (non-hydrogen) atoms. The van der Waals surface area contributed by atoms with Crippen LogP contribution in [0.2, 0.25) is 0 Å². The lowest BCUT2D eigenvalue weighted by Crippen LogP contribution is -1.95. The van der Waals surface area contributed by atoms with Gasteiger partial charge < -0.3 is 5.32 Å². The van der Waals surface area contributed by atoms with E-state index in [9.17, 15) is 4.79 Å². The summed E-state index contributed by atoms with van der Waals surface area (Å²) in [7, 11) is 0. The van der Waals surface area contributed by atoms with Crippen molar-refractivity contribution in [3.05, 3.63) is 29.8 Å². The van der Waals surface area contributed by atoms with Crippen LogP contribution in [0.4, 0.5) is 5.69 Å². The second-order valence-electron chi connectivity index (χ2n) is 2.44. The van der Waals surface area contributed by atoms with E-state index in [1.807, 2.05) is 24.3 Å². The summed E-state index contributed by atoms with van der Waals surface area (Å²) in [6.45, 7) is 1.56. The second-order valence-corrected chi connectivity index (χ2v) is 3.00. The summed E-state index contributed by atoms with van der Waals surface area (Å²) in [6.07, 6.45) is 0. The highest BCUT2D eigenvalue weighted by Crippen LogP contribution is 2.09. The van der Waals surface area contributed by atoms with Crippen molar-refractivity contribution in [1.82, 2.24) is 0 Å². The van der Waals surface area contributed by atoms with Gasteiger partial charge in [0.15, 0.2) is 5.78 Å². The van der Waals surface area contributed by atoms with Crippen LogP contribution < -0.4 is 5.32 Å². The molecule has 0 unspecified atom stereocenters. The standard InChI is InChI=1S/C9H10BrNO/c1-7(12)8-2-4-9(5-3-8)11-6-10/h2-5,11H,6H2,1H3. The lowest BCUT2D eigenvalue weighted by molar-refractivity contribution is 0.101. The molecule has 0 atom stereocenters. The molecule has 0 aliphatic heterocycles. The predicted molar refractivity (Wildman–Crippen MR) is 53.9 cm³/mol. The van der Waals surface area contributed by atoms with E-state index < -0.39 is 0 Å². The van der Waals surface area contributed by atoms with E-state index in [0.717, 1.165) is 11.3 Å². The van der Waals surface area contributed by atoms with Gasteiger partial charge in [-0.1, -0.05) is 15.9 Å². The molecule has 0 bridgehead atoms. The predicted octanol–water partition coefficient (Wildman–Crippen LogP) is 2.65. The maximum absolute atomic E-state index is 10.9. The number of benzene rings is 1. The normalized spacial score (nSPS) is 9.50. The molecule has 0 amide bonds. The molecule has 0 spiro atoms. The lowest BCUT2D eigenvalue weighted by atomic mass is 10.1. The summed E-state index contributed by atoms with van der Waals surface area (Å²) >= 11 is 3.26. The second kappa shape index (κ2) is 4.26. The fourth-order valence-corrected chi connectivity index (χ4v) is 1.22. The minimum absolute atomic E-state index is 0.0976. The highest BCUT2D eigenvalue weighted by atomic mass is 79.9. The van der Waals surface area contributed by atoms with Crippen LogP contribution >= 0.6 is 15.9 Å². The van der Waals surface area contributed by atoms with Crippen molar-refractivity contribution in [2.45, 2.75) is 6.92 Å². The fraction of sp³-hybridized carbons (Fsp3) is 0.222. The van der Waals surface area contributed by atoms with Crippen molar-refractivity contribution in [2.75, 3.05) is 10.8 Å². The summed E-state index contributed by atoms with van der Waals surface area (Å²) in [5.74, 6) is 0.0976. The monoisotopic (exact) mass is 227 g/mol. The molecule has 0 saturated carbocycles. The van der Waals surface area contributed by atoms with Crippen LogP contribution in [-0.2, 0) is 0 Å². The first-order valence-corrected chi connectivity index (χ1v) is 4.77. The van der Waals surface area contributed by atoms with Gasteiger partial charge in [0.2, 0.25) is 0 Å². The van der Waals surface area contributed by atoms with Gasteiger partial charge in [0.1, 0.15) is 0 Å². The maximum Gasteiger partial charge on any atom is 0.159 e. The van der Waals surface area contributed by atoms with Crippen molar-refractivity contribution in [1.29, 1.82) is 0 Å². The van der Waals surface area contributed by atoms with Gasteiger partial charge in [-0.2, -0.15) is 0 Å². The maximum atomic E-state index is 10.9. The van der Waals surface area contributed by atoms with Crippen molar-refractivity contribution < 1.29 is 4.79 Å². The number of ketones is 1. The van der Waals surface area contributed by atoms with Crippen LogP contribution in [-0.4, -0.2) is 11.2 Å². The summed E-state index contributed by atoms with van der Waals surface area (Å²) in [5.41, 5.74) is 2.47. The first-order valence-electron chi connectivity index (χ1n) is 3.65. The van der Waals surface area contributed by atoms with E-state index in [4.69, 9.17) is 0 Å². The highest BCUT2D eigenvalue weighted by Gasteiger charge is 1.97. The lowest BCUT2D eigenvalue weighted by Gasteiger charge is -2.01. The van der Waals surface area contributed by atoms with E-state index >= 15 is 0 Å². The average molecular weight is 228 g/mol. The van der Waals surface area contributed by atoms with Crippen LogP contribution in [0.25, 0.3) is 0 Å². The number of alkyl halides is 1. The Bertz CT molecular complexity index is 268. The van der Waals surface area contributed by atoms with Gasteiger partial charge in [0, 0.05) is 11.3 Å². The average Bonchev–Trinajstić information content (AvgIpc) is 2.06. The first-order chi connectivity index (χ1) is 5.74. The van der Waals surface area contributed by atoms with Crippen LogP contribution in [0.1, 0.15) is 17.3 Å². The first kappa shape index (κ1) is 9.26. The van der Waals surface area contributed by atoms with Gasteiger partial charge in [-0.25, -0.2) is 0 Å². The Morgan fingerprint density at radius 2 is 2.00 bits per heavy atom. The molecule has 0 aliphatic rings. The topological polar surface area (TPSA) is 29.1 Å². The summed E-state index contributed by atoms with van der Waals surface area (Å²) in [5, 5.41) is 3.08. The van der Waals surface area contributed by atoms with Crippen molar-refractivity contribution in [2.24, 2.45) is 0 Å². The zero-order valence-corrected chi connectivity index (χ0v) is 8.39. The molecule has 1 N–H and O–H groups in total. The number of carbonyl (C=O) groups excluding carboxylic acids is 1. The molecule has 1 aromatic carbocycles. The Labute approximate surface area is 80.1 Å². The number of nitrogens with one attached hydrogen (secondary N) is 1. The minimum Gasteiger partial charge on any atom is -0.375 e. The van der Waals surface area contributed by atoms with Crippen LogP contribution in [0, 0.1) is 0 Å². The number of hydrogen-bond acceptors (Lipinski definition) is 2. The third-order valence-corrected chi connectivity index (χ3v) is 1.84. The van der Waals surface area contributed by atoms with Crippen molar-refractivity contribution >= 4 is 27.4 Å². The zero-order valence-electron chi connectivity index (χ0n) is 6.80. The van der Waals surface area contributed by atoms with E-state index in [1.54, 1.807) is 6.92 Å². The Balaban J connectivity index is 2.78. The van der Waals surface area contributed by atoms with Crippen molar-refractivity contribution in [3.63, 3.8) is 0 Å². The van der Waals surface area contributed by atoms with Gasteiger partial charge in [0.25, 0.3) is 0 Å². The van der Waals surface area contributed by atoms with Crippen molar-refractivity contribution in [3.8, 4) is 0 Å². The van der Waals surface area contributed by atoms with Gasteiger partial charge in [0.05, 0.1) is 5.45 Å². The molecule has 0 heterocycles. The summed E-state index contributed by atoms with van der Waals surface area (Å²) < 4.78 is 0. The third kappa shape index (κ3) is 2.34. The molecular weight excluding hydrogens is 218 g/mol. The number of rotatable bonds is 3. The molecule has 64 valence electrons. The SMILES string of the molecule is CC(=O)c1ccc(NCBr)cc1. The molecule has 0 saturated heterocycles. The Hall–Kier alpha value is -0.830. The van der Waals surface area contributed by atoms with Gasteiger partial charge in [-0.15, -0.1) is 0 Å². The van der Waals surface area contributed by atoms with Gasteiger partial charge in [-0.3, -0.25) is 4.79 Å². The van der Waals surface area contributed by atoms with Crippen LogP contribution in [0.3, 0.4) is 0 Å². The van der Waals surface area contributed by atoms with Crippen LogP contribution in [0.15, 0.2) is 24.3 Å².